The van der Waals surface area contributed by atoms with Crippen molar-refractivity contribution in [2.45, 2.75) is 44.9 Å². The quantitative estimate of drug-likeness (QED) is 0.785. The van der Waals surface area contributed by atoms with Crippen molar-refractivity contribution in [3.05, 3.63) is 24.3 Å². The van der Waals surface area contributed by atoms with Crippen molar-refractivity contribution in [3.63, 3.8) is 0 Å². The summed E-state index contributed by atoms with van der Waals surface area (Å²) in [7, 11) is 0. The fraction of sp³-hybridized carbons (Fsp3) is 0.600. The van der Waals surface area contributed by atoms with Crippen LogP contribution in [0.5, 0.6) is 0 Å². The minimum absolute atomic E-state index is 0.137. The Labute approximate surface area is 113 Å². The van der Waals surface area contributed by atoms with Crippen LogP contribution in [0.25, 0.3) is 0 Å². The molecule has 1 atom stereocenters. The maximum Gasteiger partial charge on any atom is 0.153 e. The first-order valence-electron chi connectivity index (χ1n) is 7.00. The summed E-state index contributed by atoms with van der Waals surface area (Å²) in [4.78, 5) is 20.5. The standard InChI is InChI=1S/C15H19N3O/c16-11-13(15(19)12-5-1-2-6-12)7-3-8-14-17-9-4-10-18-14/h4,9-10,12-13H,1-3,5-8H2. The fourth-order valence-corrected chi connectivity index (χ4v) is 2.69. The second-order valence-corrected chi connectivity index (χ2v) is 5.12. The van der Waals surface area contributed by atoms with Crippen molar-refractivity contribution in [1.82, 2.24) is 9.97 Å². The van der Waals surface area contributed by atoms with Crippen molar-refractivity contribution < 1.29 is 4.79 Å². The molecule has 0 spiro atoms. The van der Waals surface area contributed by atoms with Gasteiger partial charge in [0.15, 0.2) is 5.78 Å². The highest BCUT2D eigenvalue weighted by Crippen LogP contribution is 2.29. The van der Waals surface area contributed by atoms with Gasteiger partial charge in [0.05, 0.1) is 6.07 Å². The Hall–Kier alpha value is -1.76. The molecule has 2 rings (SSSR count). The Bertz CT molecular complexity index is 446. The van der Waals surface area contributed by atoms with Crippen molar-refractivity contribution in [2.24, 2.45) is 11.8 Å². The maximum absolute atomic E-state index is 12.2. The van der Waals surface area contributed by atoms with Gasteiger partial charge in [-0.05, 0) is 31.7 Å². The van der Waals surface area contributed by atoms with E-state index in [1.807, 2.05) is 0 Å². The van der Waals surface area contributed by atoms with Gasteiger partial charge in [0.25, 0.3) is 0 Å². The lowest BCUT2D eigenvalue weighted by molar-refractivity contribution is -0.125. The molecule has 1 fully saturated rings. The van der Waals surface area contributed by atoms with E-state index in [4.69, 9.17) is 5.26 Å². The molecule has 100 valence electrons. The number of nitriles is 1. The monoisotopic (exact) mass is 257 g/mol. The lowest BCUT2D eigenvalue weighted by atomic mass is 9.89. The molecule has 0 radical (unpaired) electrons. The Morgan fingerprint density at radius 2 is 2.05 bits per heavy atom. The van der Waals surface area contributed by atoms with E-state index in [9.17, 15) is 4.79 Å². The third-order valence-electron chi connectivity index (χ3n) is 3.77. The van der Waals surface area contributed by atoms with Crippen molar-refractivity contribution in [1.29, 1.82) is 5.26 Å². The molecule has 1 aromatic heterocycles. The molecule has 0 bridgehead atoms. The Kier molecular flexibility index (Phi) is 5.02. The van der Waals surface area contributed by atoms with E-state index >= 15 is 0 Å². The molecule has 4 nitrogen and oxygen atoms in total. The molecule has 0 saturated heterocycles. The van der Waals surface area contributed by atoms with Crippen LogP contribution >= 0.6 is 0 Å². The normalized spacial score (nSPS) is 17.0. The SMILES string of the molecule is N#CC(CCCc1ncccn1)C(=O)C1CCCC1. The zero-order valence-corrected chi connectivity index (χ0v) is 11.1. The smallest absolute Gasteiger partial charge is 0.153 e. The minimum atomic E-state index is -0.438. The van der Waals surface area contributed by atoms with Crippen LogP contribution in [0.4, 0.5) is 0 Å². The summed E-state index contributed by atoms with van der Waals surface area (Å²) < 4.78 is 0. The summed E-state index contributed by atoms with van der Waals surface area (Å²) >= 11 is 0. The second-order valence-electron chi connectivity index (χ2n) is 5.12. The summed E-state index contributed by atoms with van der Waals surface area (Å²) in [5, 5.41) is 9.15. The molecule has 0 aromatic carbocycles. The van der Waals surface area contributed by atoms with E-state index in [0.717, 1.165) is 44.3 Å². The number of hydrogen-bond acceptors (Lipinski definition) is 4. The summed E-state index contributed by atoms with van der Waals surface area (Å²) in [5.74, 6) is 0.644. The summed E-state index contributed by atoms with van der Waals surface area (Å²) in [5.41, 5.74) is 0. The number of rotatable bonds is 6. The molecule has 1 aliphatic rings. The minimum Gasteiger partial charge on any atom is -0.298 e. The molecule has 4 heteroatoms. The third kappa shape index (κ3) is 3.85. The highest BCUT2D eigenvalue weighted by molar-refractivity contribution is 5.85. The lowest BCUT2D eigenvalue weighted by Gasteiger charge is -2.12. The molecule has 1 unspecified atom stereocenters. The van der Waals surface area contributed by atoms with Gasteiger partial charge >= 0.3 is 0 Å². The van der Waals surface area contributed by atoms with Gasteiger partial charge in [-0.15, -0.1) is 0 Å². The number of hydrogen-bond donors (Lipinski definition) is 0. The molecule has 19 heavy (non-hydrogen) atoms. The van der Waals surface area contributed by atoms with Gasteiger partial charge in [0, 0.05) is 24.7 Å². The van der Waals surface area contributed by atoms with Gasteiger partial charge in [-0.2, -0.15) is 5.26 Å². The van der Waals surface area contributed by atoms with E-state index in [2.05, 4.69) is 16.0 Å². The molecule has 0 N–H and O–H groups in total. The average molecular weight is 257 g/mol. The molecule has 1 aliphatic carbocycles. The Balaban J connectivity index is 1.79. The molecule has 1 aromatic rings. The topological polar surface area (TPSA) is 66.6 Å². The average Bonchev–Trinajstić information content (AvgIpc) is 2.98. The molecular weight excluding hydrogens is 238 g/mol. The van der Waals surface area contributed by atoms with Gasteiger partial charge in [0.1, 0.15) is 11.7 Å². The van der Waals surface area contributed by atoms with E-state index in [0.29, 0.717) is 6.42 Å². The largest absolute Gasteiger partial charge is 0.298 e. The number of nitrogens with zero attached hydrogens (tertiary/aromatic N) is 3. The maximum atomic E-state index is 12.2. The van der Waals surface area contributed by atoms with Crippen LogP contribution in [0.15, 0.2) is 18.5 Å². The molecular formula is C15H19N3O. The zero-order chi connectivity index (χ0) is 13.5. The number of aromatic nitrogens is 2. The molecule has 1 saturated carbocycles. The van der Waals surface area contributed by atoms with E-state index < -0.39 is 5.92 Å². The van der Waals surface area contributed by atoms with Crippen LogP contribution in [0.2, 0.25) is 0 Å². The van der Waals surface area contributed by atoms with Crippen molar-refractivity contribution in [3.8, 4) is 6.07 Å². The van der Waals surface area contributed by atoms with Gasteiger partial charge in [-0.1, -0.05) is 12.8 Å². The van der Waals surface area contributed by atoms with Crippen molar-refractivity contribution in [2.75, 3.05) is 0 Å². The van der Waals surface area contributed by atoms with E-state index in [1.54, 1.807) is 18.5 Å². The van der Waals surface area contributed by atoms with Crippen LogP contribution < -0.4 is 0 Å². The Morgan fingerprint density at radius 1 is 1.37 bits per heavy atom. The van der Waals surface area contributed by atoms with Gasteiger partial charge < -0.3 is 0 Å². The third-order valence-corrected chi connectivity index (χ3v) is 3.77. The summed E-state index contributed by atoms with van der Waals surface area (Å²) in [6.45, 7) is 0. The number of carbonyl (C=O) groups is 1. The first kappa shape index (κ1) is 13.7. The first-order chi connectivity index (χ1) is 9.31. The summed E-state index contributed by atoms with van der Waals surface area (Å²) in [6.07, 6.45) is 9.79. The molecule has 1 heterocycles. The number of carbonyl (C=O) groups excluding carboxylic acids is 1. The summed E-state index contributed by atoms with van der Waals surface area (Å²) in [6, 6.07) is 3.96. The predicted molar refractivity (Wildman–Crippen MR) is 71.0 cm³/mol. The molecule has 0 aliphatic heterocycles. The predicted octanol–water partition coefficient (Wildman–Crippen LogP) is 2.70. The number of Topliss-reactive ketones (excluding diaryl/α,β-unsaturated/α-hetero) is 1. The second kappa shape index (κ2) is 6.98. The number of aryl methyl sites for hydroxylation is 1. The lowest BCUT2D eigenvalue weighted by Crippen LogP contribution is -2.20. The van der Waals surface area contributed by atoms with Crippen LogP contribution in [-0.2, 0) is 11.2 Å². The van der Waals surface area contributed by atoms with Crippen LogP contribution in [-0.4, -0.2) is 15.8 Å². The van der Waals surface area contributed by atoms with E-state index in [-0.39, 0.29) is 11.7 Å². The Morgan fingerprint density at radius 3 is 2.68 bits per heavy atom. The zero-order valence-electron chi connectivity index (χ0n) is 11.1. The highest BCUT2D eigenvalue weighted by Gasteiger charge is 2.28. The fourth-order valence-electron chi connectivity index (χ4n) is 2.69. The van der Waals surface area contributed by atoms with E-state index in [1.165, 1.54) is 0 Å². The number of ketones is 1. The van der Waals surface area contributed by atoms with Crippen molar-refractivity contribution >= 4 is 5.78 Å². The van der Waals surface area contributed by atoms with Gasteiger partial charge in [-0.25, -0.2) is 9.97 Å². The van der Waals surface area contributed by atoms with Crippen LogP contribution in [0.1, 0.15) is 44.3 Å². The van der Waals surface area contributed by atoms with Gasteiger partial charge in [-0.3, -0.25) is 4.79 Å². The van der Waals surface area contributed by atoms with Gasteiger partial charge in [0.2, 0.25) is 0 Å². The van der Waals surface area contributed by atoms with Crippen LogP contribution in [0.3, 0.4) is 0 Å². The van der Waals surface area contributed by atoms with Crippen LogP contribution in [0, 0.1) is 23.2 Å². The molecule has 0 amide bonds. The first-order valence-corrected chi connectivity index (χ1v) is 7.00. The highest BCUT2D eigenvalue weighted by atomic mass is 16.1.